The summed E-state index contributed by atoms with van der Waals surface area (Å²) in [5.41, 5.74) is 6.34. The monoisotopic (exact) mass is 358 g/mol. The van der Waals surface area contributed by atoms with Gasteiger partial charge in [0.25, 0.3) is 0 Å². The maximum Gasteiger partial charge on any atom is 0.198 e. The first-order chi connectivity index (χ1) is 13.2. The molecule has 1 N–H and O–H groups in total. The van der Waals surface area contributed by atoms with E-state index in [0.29, 0.717) is 17.0 Å². The Morgan fingerprint density at radius 1 is 1.11 bits per heavy atom. The summed E-state index contributed by atoms with van der Waals surface area (Å²) in [5.74, 6) is 1.39. The summed E-state index contributed by atoms with van der Waals surface area (Å²) in [7, 11) is 0. The third kappa shape index (κ3) is 2.65. The van der Waals surface area contributed by atoms with E-state index >= 15 is 0 Å². The molecule has 2 atom stereocenters. The van der Waals surface area contributed by atoms with Crippen LogP contribution in [0.5, 0.6) is 0 Å². The first-order valence-electron chi connectivity index (χ1n) is 9.77. The van der Waals surface area contributed by atoms with E-state index in [4.69, 9.17) is 9.40 Å². The number of aliphatic hydroxyl groups excluding tert-OH is 1. The Morgan fingerprint density at radius 2 is 1.85 bits per heavy atom. The highest BCUT2D eigenvalue weighted by Crippen LogP contribution is 2.48. The van der Waals surface area contributed by atoms with Crippen LogP contribution in [0.25, 0.3) is 22.2 Å². The summed E-state index contributed by atoms with van der Waals surface area (Å²) in [6, 6.07) is 12.6. The summed E-state index contributed by atoms with van der Waals surface area (Å²) in [6.45, 7) is 2.01. The van der Waals surface area contributed by atoms with Gasteiger partial charge in [0.15, 0.2) is 11.5 Å². The third-order valence-electron chi connectivity index (χ3n) is 6.06. The van der Waals surface area contributed by atoms with Crippen molar-refractivity contribution in [1.29, 1.82) is 5.26 Å². The van der Waals surface area contributed by atoms with E-state index in [-0.39, 0.29) is 12.0 Å². The molecule has 1 heterocycles. The van der Waals surface area contributed by atoms with Gasteiger partial charge >= 0.3 is 0 Å². The topological polar surface area (TPSA) is 70.1 Å². The van der Waals surface area contributed by atoms with Crippen molar-refractivity contribution in [2.45, 2.75) is 57.0 Å². The van der Waals surface area contributed by atoms with E-state index in [2.05, 4.69) is 18.2 Å². The summed E-state index contributed by atoms with van der Waals surface area (Å²) >= 11 is 0. The molecule has 136 valence electrons. The maximum absolute atomic E-state index is 10.2. The number of fused-ring (bicyclic) bond motifs is 1. The predicted octanol–water partition coefficient (Wildman–Crippen LogP) is 5.18. The standard InChI is InChI=1S/C23H22N2O2/c1-13-18(12-24)21-22(27-23(25-21)15-7-8-15)20(16-9-10-17(26)11-16)19(13)14-5-3-2-4-6-14/h2-6,15-17,26H,7-11H2,1H3. The number of rotatable bonds is 3. The van der Waals surface area contributed by atoms with Crippen LogP contribution in [0.2, 0.25) is 0 Å². The molecule has 2 aliphatic carbocycles. The van der Waals surface area contributed by atoms with Gasteiger partial charge in [0.05, 0.1) is 11.7 Å². The molecule has 0 amide bonds. The number of oxazole rings is 1. The molecular weight excluding hydrogens is 336 g/mol. The molecule has 4 heteroatoms. The fourth-order valence-corrected chi connectivity index (χ4v) is 4.53. The lowest BCUT2D eigenvalue weighted by Gasteiger charge is -2.19. The molecule has 0 radical (unpaired) electrons. The number of aromatic nitrogens is 1. The number of benzene rings is 2. The van der Waals surface area contributed by atoms with Crippen molar-refractivity contribution in [1.82, 2.24) is 4.98 Å². The molecule has 2 aromatic carbocycles. The first-order valence-corrected chi connectivity index (χ1v) is 9.77. The molecule has 4 nitrogen and oxygen atoms in total. The highest BCUT2D eigenvalue weighted by Gasteiger charge is 2.35. The van der Waals surface area contributed by atoms with E-state index < -0.39 is 0 Å². The molecule has 2 aliphatic rings. The Bertz CT molecular complexity index is 1060. The van der Waals surface area contributed by atoms with E-state index in [9.17, 15) is 10.4 Å². The molecule has 0 spiro atoms. The molecular formula is C23H22N2O2. The maximum atomic E-state index is 10.2. The smallest absolute Gasteiger partial charge is 0.198 e. The van der Waals surface area contributed by atoms with E-state index in [1.807, 2.05) is 25.1 Å². The number of hydrogen-bond acceptors (Lipinski definition) is 4. The van der Waals surface area contributed by atoms with Crippen molar-refractivity contribution >= 4 is 11.1 Å². The number of nitrogens with zero attached hydrogens (tertiary/aromatic N) is 2. The average Bonchev–Trinajstić information content (AvgIpc) is 3.30. The van der Waals surface area contributed by atoms with Crippen LogP contribution in [-0.4, -0.2) is 16.2 Å². The van der Waals surface area contributed by atoms with E-state index in [1.165, 1.54) is 0 Å². The van der Waals surface area contributed by atoms with E-state index in [0.717, 1.165) is 65.8 Å². The van der Waals surface area contributed by atoms with Crippen molar-refractivity contribution in [3.05, 3.63) is 52.9 Å². The molecule has 2 fully saturated rings. The fourth-order valence-electron chi connectivity index (χ4n) is 4.53. The molecule has 2 unspecified atom stereocenters. The lowest BCUT2D eigenvalue weighted by atomic mass is 9.84. The second-order valence-corrected chi connectivity index (χ2v) is 7.93. The van der Waals surface area contributed by atoms with Gasteiger partial charge in [0.2, 0.25) is 0 Å². The zero-order chi connectivity index (χ0) is 18.5. The Labute approximate surface area is 158 Å². The van der Waals surface area contributed by atoms with Crippen molar-refractivity contribution in [2.24, 2.45) is 0 Å². The fraction of sp³-hybridized carbons (Fsp3) is 0.391. The van der Waals surface area contributed by atoms with Crippen LogP contribution < -0.4 is 0 Å². The largest absolute Gasteiger partial charge is 0.440 e. The quantitative estimate of drug-likeness (QED) is 0.700. The molecule has 3 aromatic rings. The molecule has 27 heavy (non-hydrogen) atoms. The van der Waals surface area contributed by atoms with Crippen LogP contribution in [0.15, 0.2) is 34.7 Å². The molecule has 0 saturated heterocycles. The van der Waals surface area contributed by atoms with Crippen LogP contribution in [0, 0.1) is 18.3 Å². The van der Waals surface area contributed by atoms with Gasteiger partial charge in [-0.25, -0.2) is 4.98 Å². The summed E-state index contributed by atoms with van der Waals surface area (Å²) in [4.78, 5) is 4.74. The van der Waals surface area contributed by atoms with Gasteiger partial charge in [0.1, 0.15) is 11.6 Å². The highest BCUT2D eigenvalue weighted by molar-refractivity contribution is 5.93. The van der Waals surface area contributed by atoms with E-state index in [1.54, 1.807) is 0 Å². The summed E-state index contributed by atoms with van der Waals surface area (Å²) in [6.07, 6.45) is 4.42. The lowest BCUT2D eigenvalue weighted by Crippen LogP contribution is -2.04. The minimum Gasteiger partial charge on any atom is -0.440 e. The minimum atomic E-state index is -0.268. The Morgan fingerprint density at radius 3 is 2.48 bits per heavy atom. The molecule has 0 aliphatic heterocycles. The second-order valence-electron chi connectivity index (χ2n) is 7.93. The number of nitriles is 1. The average molecular weight is 358 g/mol. The zero-order valence-corrected chi connectivity index (χ0v) is 15.4. The Hall–Kier alpha value is -2.64. The van der Waals surface area contributed by atoms with Crippen LogP contribution in [0.4, 0.5) is 0 Å². The van der Waals surface area contributed by atoms with Gasteiger partial charge in [-0.1, -0.05) is 30.3 Å². The van der Waals surface area contributed by atoms with Gasteiger partial charge in [-0.05, 0) is 61.6 Å². The highest BCUT2D eigenvalue weighted by atomic mass is 16.3. The van der Waals surface area contributed by atoms with Crippen molar-refractivity contribution in [3.63, 3.8) is 0 Å². The van der Waals surface area contributed by atoms with Crippen molar-refractivity contribution < 1.29 is 9.52 Å². The molecule has 0 bridgehead atoms. The number of aliphatic hydroxyl groups is 1. The number of hydrogen-bond donors (Lipinski definition) is 1. The molecule has 5 rings (SSSR count). The molecule has 1 aromatic heterocycles. The summed E-state index contributed by atoms with van der Waals surface area (Å²) < 4.78 is 6.29. The Balaban J connectivity index is 1.85. The Kier molecular flexibility index (Phi) is 3.80. The second kappa shape index (κ2) is 6.21. The molecule has 2 saturated carbocycles. The first kappa shape index (κ1) is 16.5. The zero-order valence-electron chi connectivity index (χ0n) is 15.4. The minimum absolute atomic E-state index is 0.226. The SMILES string of the molecule is Cc1c(-c2ccccc2)c(C2CCC(O)C2)c2oc(C3CC3)nc2c1C#N. The van der Waals surface area contributed by atoms with Crippen LogP contribution in [-0.2, 0) is 0 Å². The van der Waals surface area contributed by atoms with Crippen LogP contribution >= 0.6 is 0 Å². The van der Waals surface area contributed by atoms with Crippen molar-refractivity contribution in [3.8, 4) is 17.2 Å². The van der Waals surface area contributed by atoms with Crippen LogP contribution in [0.3, 0.4) is 0 Å². The van der Waals surface area contributed by atoms with Gasteiger partial charge in [0, 0.05) is 11.5 Å². The van der Waals surface area contributed by atoms with Gasteiger partial charge < -0.3 is 9.52 Å². The normalized spacial score (nSPS) is 22.3. The van der Waals surface area contributed by atoms with Crippen molar-refractivity contribution in [2.75, 3.05) is 0 Å². The van der Waals surface area contributed by atoms with Gasteiger partial charge in [-0.2, -0.15) is 5.26 Å². The van der Waals surface area contributed by atoms with Gasteiger partial charge in [-0.3, -0.25) is 0 Å². The predicted molar refractivity (Wildman–Crippen MR) is 103 cm³/mol. The van der Waals surface area contributed by atoms with Gasteiger partial charge in [-0.15, -0.1) is 0 Å². The lowest BCUT2D eigenvalue weighted by molar-refractivity contribution is 0.181. The van der Waals surface area contributed by atoms with Crippen LogP contribution in [0.1, 0.15) is 66.5 Å². The third-order valence-corrected chi connectivity index (χ3v) is 6.06. The summed E-state index contributed by atoms with van der Waals surface area (Å²) in [5, 5.41) is 20.0.